The van der Waals surface area contributed by atoms with E-state index in [0.29, 0.717) is 16.4 Å². The van der Waals surface area contributed by atoms with Crippen LogP contribution in [0.25, 0.3) is 5.57 Å². The van der Waals surface area contributed by atoms with Crippen molar-refractivity contribution in [3.63, 3.8) is 0 Å². The van der Waals surface area contributed by atoms with Crippen molar-refractivity contribution in [2.45, 2.75) is 6.92 Å². The van der Waals surface area contributed by atoms with Crippen LogP contribution in [-0.4, -0.2) is 74.8 Å². The number of amides is 1. The average Bonchev–Trinajstić information content (AvgIpc) is 2.98. The molecule has 1 radical (unpaired) electrons. The number of hydrogen-bond donors (Lipinski definition) is 1. The number of halogens is 1. The Hall–Kier alpha value is -3.59. The van der Waals surface area contributed by atoms with E-state index in [1.54, 1.807) is 6.20 Å². The zero-order chi connectivity index (χ0) is 26.8. The number of piperazine rings is 1. The van der Waals surface area contributed by atoms with Gasteiger partial charge in [0, 0.05) is 73.0 Å². The molecule has 6 rings (SSSR count). The number of anilines is 4. The number of carbonyl (C=O) groups excluding carboxylic acids is 1. The lowest BCUT2D eigenvalue weighted by Gasteiger charge is -2.35. The maximum atomic E-state index is 13.2. The van der Waals surface area contributed by atoms with Crippen molar-refractivity contribution in [1.29, 1.82) is 0 Å². The molecular formula is C30H32ClN6O2. The molecule has 39 heavy (non-hydrogen) atoms. The van der Waals surface area contributed by atoms with E-state index >= 15 is 0 Å². The minimum Gasteiger partial charge on any atom is -0.378 e. The number of rotatable bonds is 6. The Morgan fingerprint density at radius 2 is 1.64 bits per heavy atom. The van der Waals surface area contributed by atoms with Gasteiger partial charge in [0.15, 0.2) is 0 Å². The first-order valence-corrected chi connectivity index (χ1v) is 13.9. The summed E-state index contributed by atoms with van der Waals surface area (Å²) < 4.78 is 5.49. The van der Waals surface area contributed by atoms with Gasteiger partial charge in [-0.05, 0) is 54.6 Å². The van der Waals surface area contributed by atoms with E-state index in [-0.39, 0.29) is 5.91 Å². The van der Waals surface area contributed by atoms with Crippen LogP contribution in [0.4, 0.5) is 23.0 Å². The molecule has 3 aromatic rings. The van der Waals surface area contributed by atoms with Crippen molar-refractivity contribution in [1.82, 2.24) is 15.2 Å². The highest BCUT2D eigenvalue weighted by molar-refractivity contribution is 6.30. The smallest absolute Gasteiger partial charge is 0.281 e. The molecule has 4 heterocycles. The van der Waals surface area contributed by atoms with Crippen LogP contribution in [0.1, 0.15) is 28.4 Å². The van der Waals surface area contributed by atoms with Gasteiger partial charge in [-0.2, -0.15) is 0 Å². The van der Waals surface area contributed by atoms with E-state index in [1.165, 1.54) is 0 Å². The number of ether oxygens (including phenoxy) is 1. The summed E-state index contributed by atoms with van der Waals surface area (Å²) in [6.45, 7) is 10.2. The lowest BCUT2D eigenvalue weighted by molar-refractivity contribution is 0.0965. The molecule has 1 amide bonds. The molecular weight excluding hydrogens is 512 g/mol. The highest BCUT2D eigenvalue weighted by Crippen LogP contribution is 2.37. The van der Waals surface area contributed by atoms with Crippen LogP contribution in [-0.2, 0) is 4.74 Å². The molecule has 2 fully saturated rings. The number of likely N-dealkylation sites (N-methyl/N-ethyl adjacent to an activating group) is 1. The Morgan fingerprint density at radius 3 is 2.33 bits per heavy atom. The van der Waals surface area contributed by atoms with Gasteiger partial charge in [-0.3, -0.25) is 4.79 Å². The van der Waals surface area contributed by atoms with Gasteiger partial charge in [0.25, 0.3) is 5.91 Å². The van der Waals surface area contributed by atoms with E-state index in [9.17, 15) is 4.79 Å². The lowest BCUT2D eigenvalue weighted by Crippen LogP contribution is -2.46. The van der Waals surface area contributed by atoms with E-state index < -0.39 is 0 Å². The number of pyridine rings is 1. The van der Waals surface area contributed by atoms with Crippen LogP contribution in [0.2, 0.25) is 5.02 Å². The quantitative estimate of drug-likeness (QED) is 0.487. The van der Waals surface area contributed by atoms with Crippen LogP contribution in [0.3, 0.4) is 0 Å². The van der Waals surface area contributed by atoms with Gasteiger partial charge in [-0.25, -0.2) is 10.3 Å². The van der Waals surface area contributed by atoms with Crippen LogP contribution in [0, 0.1) is 0 Å². The monoisotopic (exact) mass is 543 g/mol. The van der Waals surface area contributed by atoms with Crippen molar-refractivity contribution in [3.8, 4) is 0 Å². The zero-order valence-electron chi connectivity index (χ0n) is 22.1. The van der Waals surface area contributed by atoms with Crippen LogP contribution < -0.4 is 20.4 Å². The van der Waals surface area contributed by atoms with Crippen LogP contribution >= 0.6 is 11.6 Å². The fraction of sp³-hybridized carbons (Fsp3) is 0.333. The van der Waals surface area contributed by atoms with Gasteiger partial charge >= 0.3 is 0 Å². The Bertz CT molecular complexity index is 1360. The molecule has 3 aliphatic heterocycles. The normalized spacial score (nSPS) is 17.9. The number of nitrogens with zero attached hydrogens (tertiary/aromatic N) is 5. The maximum absolute atomic E-state index is 13.2. The van der Waals surface area contributed by atoms with Crippen LogP contribution in [0.5, 0.6) is 0 Å². The van der Waals surface area contributed by atoms with Crippen molar-refractivity contribution in [2.24, 2.45) is 0 Å². The Balaban J connectivity index is 1.37. The maximum Gasteiger partial charge on any atom is 0.281 e. The van der Waals surface area contributed by atoms with Crippen molar-refractivity contribution in [3.05, 3.63) is 82.5 Å². The SMILES string of the molecule is CCN1CCN(c2cc3c(c(Nc4ccc(N5CCOCC5)cc4)n2)C(=O)[N]C=C3c2ccc(Cl)cc2)CC1. The van der Waals surface area contributed by atoms with E-state index in [2.05, 4.69) is 44.4 Å². The summed E-state index contributed by atoms with van der Waals surface area (Å²) in [4.78, 5) is 25.3. The average molecular weight is 544 g/mol. The molecule has 1 aromatic heterocycles. The number of benzene rings is 2. The molecule has 3 aliphatic rings. The van der Waals surface area contributed by atoms with Gasteiger partial charge < -0.3 is 24.8 Å². The van der Waals surface area contributed by atoms with Gasteiger partial charge in [-0.1, -0.05) is 30.7 Å². The molecule has 8 nitrogen and oxygen atoms in total. The molecule has 1 N–H and O–H groups in total. The largest absolute Gasteiger partial charge is 0.378 e. The van der Waals surface area contributed by atoms with Crippen molar-refractivity contribution >= 4 is 46.1 Å². The summed E-state index contributed by atoms with van der Waals surface area (Å²) in [5.74, 6) is 1.07. The van der Waals surface area contributed by atoms with Gasteiger partial charge in [0.2, 0.25) is 0 Å². The standard InChI is InChI=1S/C30H32ClN6O2/c1-2-35-11-13-37(14-12-35)27-19-25-26(21-3-5-22(31)6-4-21)20-32-30(38)28(25)29(34-27)33-23-7-9-24(10-8-23)36-15-17-39-18-16-36/h3-10,19-20H,2,11-18H2,1H3,(H,33,34). The second-order valence-electron chi connectivity index (χ2n) is 9.93. The molecule has 0 saturated carbocycles. The molecule has 0 aliphatic carbocycles. The first-order valence-electron chi connectivity index (χ1n) is 13.5. The highest BCUT2D eigenvalue weighted by Gasteiger charge is 2.29. The number of aromatic nitrogens is 1. The van der Waals surface area contributed by atoms with Crippen molar-refractivity contribution in [2.75, 3.05) is 74.1 Å². The summed E-state index contributed by atoms with van der Waals surface area (Å²) in [7, 11) is 0. The van der Waals surface area contributed by atoms with E-state index in [0.717, 1.165) is 92.9 Å². The highest BCUT2D eigenvalue weighted by atomic mass is 35.5. The number of hydrogen-bond acceptors (Lipinski definition) is 7. The first-order chi connectivity index (χ1) is 19.1. The van der Waals surface area contributed by atoms with Gasteiger partial charge in [0.05, 0.1) is 18.8 Å². The third-order valence-corrected chi connectivity index (χ3v) is 7.88. The van der Waals surface area contributed by atoms with Gasteiger partial charge in [-0.15, -0.1) is 0 Å². The first kappa shape index (κ1) is 25.7. The zero-order valence-corrected chi connectivity index (χ0v) is 22.8. The van der Waals surface area contributed by atoms with E-state index in [1.807, 2.05) is 42.5 Å². The van der Waals surface area contributed by atoms with Crippen molar-refractivity contribution < 1.29 is 9.53 Å². The lowest BCUT2D eigenvalue weighted by atomic mass is 9.92. The molecule has 0 atom stereocenters. The summed E-state index contributed by atoms with van der Waals surface area (Å²) in [6.07, 6.45) is 1.66. The second kappa shape index (κ2) is 11.3. The molecule has 9 heteroatoms. The number of fused-ring (bicyclic) bond motifs is 1. The third-order valence-electron chi connectivity index (χ3n) is 7.63. The molecule has 0 bridgehead atoms. The topological polar surface area (TPSA) is 75.0 Å². The molecule has 0 spiro atoms. The second-order valence-corrected chi connectivity index (χ2v) is 10.4. The van der Waals surface area contributed by atoms with Gasteiger partial charge in [0.1, 0.15) is 11.6 Å². The third kappa shape index (κ3) is 5.45. The summed E-state index contributed by atoms with van der Waals surface area (Å²) in [5.41, 5.74) is 5.15. The van der Waals surface area contributed by atoms with Crippen LogP contribution in [0.15, 0.2) is 60.8 Å². The number of morpholine rings is 1. The predicted molar refractivity (Wildman–Crippen MR) is 156 cm³/mol. The Morgan fingerprint density at radius 1 is 0.923 bits per heavy atom. The summed E-state index contributed by atoms with van der Waals surface area (Å²) in [6, 6.07) is 17.9. The molecule has 2 saturated heterocycles. The van der Waals surface area contributed by atoms with E-state index in [4.69, 9.17) is 21.3 Å². The molecule has 0 unspecified atom stereocenters. The Labute approximate surface area is 234 Å². The fourth-order valence-electron chi connectivity index (χ4n) is 5.34. The molecule has 2 aromatic carbocycles. The number of carbonyl (C=O) groups is 1. The predicted octanol–water partition coefficient (Wildman–Crippen LogP) is 4.60. The fourth-order valence-corrected chi connectivity index (χ4v) is 5.46. The minimum atomic E-state index is -0.301. The minimum absolute atomic E-state index is 0.301. The number of nitrogens with one attached hydrogen (secondary N) is 1. The summed E-state index contributed by atoms with van der Waals surface area (Å²) >= 11 is 6.16. The summed E-state index contributed by atoms with van der Waals surface area (Å²) in [5, 5.41) is 8.35. The Kier molecular flexibility index (Phi) is 7.41. The molecule has 201 valence electrons.